The van der Waals surface area contributed by atoms with Crippen LogP contribution in [0.25, 0.3) is 11.5 Å². The Bertz CT molecular complexity index is 633. The normalized spacial score (nSPS) is 10.2. The fraction of sp³-hybridized carbons (Fsp3) is 0.286. The molecular formula is C14H14N2O5. The Kier molecular flexibility index (Phi) is 4.65. The lowest BCUT2D eigenvalue weighted by Crippen LogP contribution is -2.07. The average Bonchev–Trinajstić information content (AvgIpc) is 2.95. The Balaban J connectivity index is 2.10. The van der Waals surface area contributed by atoms with Crippen molar-refractivity contribution in [2.24, 2.45) is 0 Å². The lowest BCUT2D eigenvalue weighted by Gasteiger charge is -1.99. The highest BCUT2D eigenvalue weighted by Crippen LogP contribution is 2.19. The van der Waals surface area contributed by atoms with Crippen molar-refractivity contribution in [3.05, 3.63) is 35.7 Å². The third-order valence-electron chi connectivity index (χ3n) is 2.62. The smallest absolute Gasteiger partial charge is 0.337 e. The van der Waals surface area contributed by atoms with Crippen molar-refractivity contribution in [2.45, 2.75) is 13.3 Å². The van der Waals surface area contributed by atoms with E-state index < -0.39 is 11.9 Å². The topological polar surface area (TPSA) is 91.5 Å². The lowest BCUT2D eigenvalue weighted by molar-refractivity contribution is -0.142. The van der Waals surface area contributed by atoms with Crippen molar-refractivity contribution in [2.75, 3.05) is 13.7 Å². The van der Waals surface area contributed by atoms with Crippen LogP contribution < -0.4 is 0 Å². The number of carbonyl (C=O) groups is 2. The highest BCUT2D eigenvalue weighted by molar-refractivity contribution is 5.89. The van der Waals surface area contributed by atoms with E-state index in [2.05, 4.69) is 14.9 Å². The Labute approximate surface area is 120 Å². The molecule has 0 bridgehead atoms. The first kappa shape index (κ1) is 14.7. The maximum absolute atomic E-state index is 11.3. The van der Waals surface area contributed by atoms with E-state index in [-0.39, 0.29) is 18.2 Å². The van der Waals surface area contributed by atoms with Crippen molar-refractivity contribution in [1.82, 2.24) is 10.2 Å². The zero-order chi connectivity index (χ0) is 15.2. The van der Waals surface area contributed by atoms with Gasteiger partial charge in [0.15, 0.2) is 0 Å². The molecule has 0 aliphatic heterocycles. The van der Waals surface area contributed by atoms with Crippen LogP contribution in [0.4, 0.5) is 0 Å². The molecule has 0 amide bonds. The van der Waals surface area contributed by atoms with Crippen LogP contribution in [-0.2, 0) is 20.7 Å². The number of ether oxygens (including phenoxy) is 2. The van der Waals surface area contributed by atoms with Crippen LogP contribution in [0.2, 0.25) is 0 Å². The van der Waals surface area contributed by atoms with E-state index in [0.717, 1.165) is 0 Å². The summed E-state index contributed by atoms with van der Waals surface area (Å²) in [6.07, 6.45) is -0.0684. The van der Waals surface area contributed by atoms with Crippen molar-refractivity contribution >= 4 is 11.9 Å². The summed E-state index contributed by atoms with van der Waals surface area (Å²) in [5.41, 5.74) is 1.07. The highest BCUT2D eigenvalue weighted by Gasteiger charge is 2.13. The standard InChI is InChI=1S/C14H14N2O5/c1-3-20-12(17)8-11-15-16-13(21-11)9-4-6-10(7-5-9)14(18)19-2/h4-7H,3,8H2,1-2H3. The zero-order valence-electron chi connectivity index (χ0n) is 11.7. The van der Waals surface area contributed by atoms with E-state index in [1.165, 1.54) is 7.11 Å². The van der Waals surface area contributed by atoms with Gasteiger partial charge in [0, 0.05) is 5.56 Å². The molecule has 1 aromatic carbocycles. The molecule has 0 aliphatic carbocycles. The van der Waals surface area contributed by atoms with Gasteiger partial charge >= 0.3 is 11.9 Å². The minimum absolute atomic E-state index is 0.0684. The summed E-state index contributed by atoms with van der Waals surface area (Å²) in [6.45, 7) is 2.02. The quantitative estimate of drug-likeness (QED) is 0.773. The summed E-state index contributed by atoms with van der Waals surface area (Å²) >= 11 is 0. The molecule has 1 heterocycles. The second kappa shape index (κ2) is 6.65. The zero-order valence-corrected chi connectivity index (χ0v) is 11.7. The number of aromatic nitrogens is 2. The van der Waals surface area contributed by atoms with Crippen molar-refractivity contribution in [3.63, 3.8) is 0 Å². The minimum Gasteiger partial charge on any atom is -0.466 e. The van der Waals surface area contributed by atoms with E-state index in [1.807, 2.05) is 0 Å². The SMILES string of the molecule is CCOC(=O)Cc1nnc(-c2ccc(C(=O)OC)cc2)o1. The first-order valence-electron chi connectivity index (χ1n) is 6.30. The Morgan fingerprint density at radius 3 is 2.52 bits per heavy atom. The second-order valence-corrected chi connectivity index (χ2v) is 4.05. The predicted octanol–water partition coefficient (Wildman–Crippen LogP) is 1.63. The Morgan fingerprint density at radius 2 is 1.90 bits per heavy atom. The number of hydrogen-bond donors (Lipinski definition) is 0. The van der Waals surface area contributed by atoms with Crippen LogP contribution >= 0.6 is 0 Å². The molecule has 7 heteroatoms. The number of nitrogens with zero attached hydrogens (tertiary/aromatic N) is 2. The molecule has 0 saturated heterocycles. The van der Waals surface area contributed by atoms with Gasteiger partial charge in [-0.15, -0.1) is 10.2 Å². The minimum atomic E-state index is -0.422. The molecule has 7 nitrogen and oxygen atoms in total. The van der Waals surface area contributed by atoms with Gasteiger partial charge in [0.05, 0.1) is 19.3 Å². The fourth-order valence-corrected chi connectivity index (χ4v) is 1.64. The van der Waals surface area contributed by atoms with Gasteiger partial charge in [-0.25, -0.2) is 4.79 Å². The Hall–Kier alpha value is -2.70. The number of rotatable bonds is 5. The number of esters is 2. The van der Waals surface area contributed by atoms with Gasteiger partial charge in [-0.05, 0) is 31.2 Å². The van der Waals surface area contributed by atoms with Crippen LogP contribution in [0, 0.1) is 0 Å². The molecule has 21 heavy (non-hydrogen) atoms. The molecule has 0 aliphatic rings. The summed E-state index contributed by atoms with van der Waals surface area (Å²) in [6, 6.07) is 6.51. The summed E-state index contributed by atoms with van der Waals surface area (Å²) < 4.78 is 14.8. The summed E-state index contributed by atoms with van der Waals surface area (Å²) in [4.78, 5) is 22.6. The maximum atomic E-state index is 11.3. The molecule has 0 atom stereocenters. The molecular weight excluding hydrogens is 276 g/mol. The molecule has 0 spiro atoms. The van der Waals surface area contributed by atoms with E-state index in [0.29, 0.717) is 17.7 Å². The van der Waals surface area contributed by atoms with Crippen molar-refractivity contribution in [3.8, 4) is 11.5 Å². The van der Waals surface area contributed by atoms with Crippen LogP contribution in [0.1, 0.15) is 23.2 Å². The molecule has 1 aromatic heterocycles. The monoisotopic (exact) mass is 290 g/mol. The van der Waals surface area contributed by atoms with E-state index in [1.54, 1.807) is 31.2 Å². The molecule has 0 radical (unpaired) electrons. The van der Waals surface area contributed by atoms with Gasteiger partial charge in [0.2, 0.25) is 11.8 Å². The van der Waals surface area contributed by atoms with Crippen LogP contribution in [0.3, 0.4) is 0 Å². The largest absolute Gasteiger partial charge is 0.466 e. The molecule has 0 unspecified atom stereocenters. The van der Waals surface area contributed by atoms with E-state index in [4.69, 9.17) is 9.15 Å². The molecule has 2 rings (SSSR count). The third kappa shape index (κ3) is 3.65. The van der Waals surface area contributed by atoms with Crippen LogP contribution in [-0.4, -0.2) is 35.9 Å². The van der Waals surface area contributed by atoms with Gasteiger partial charge in [0.25, 0.3) is 0 Å². The van der Waals surface area contributed by atoms with Crippen LogP contribution in [0.5, 0.6) is 0 Å². The van der Waals surface area contributed by atoms with Gasteiger partial charge in [-0.1, -0.05) is 0 Å². The molecule has 0 N–H and O–H groups in total. The van der Waals surface area contributed by atoms with Gasteiger partial charge < -0.3 is 13.9 Å². The fourth-order valence-electron chi connectivity index (χ4n) is 1.64. The second-order valence-electron chi connectivity index (χ2n) is 4.05. The number of hydrogen-bond acceptors (Lipinski definition) is 7. The van der Waals surface area contributed by atoms with E-state index in [9.17, 15) is 9.59 Å². The number of benzene rings is 1. The highest BCUT2D eigenvalue weighted by atomic mass is 16.5. The summed E-state index contributed by atoms with van der Waals surface area (Å²) in [7, 11) is 1.32. The van der Waals surface area contributed by atoms with E-state index >= 15 is 0 Å². The summed E-state index contributed by atoms with van der Waals surface area (Å²) in [5, 5.41) is 7.63. The molecule has 2 aromatic rings. The number of methoxy groups -OCH3 is 1. The molecule has 0 saturated carbocycles. The van der Waals surface area contributed by atoms with Gasteiger partial charge in [-0.2, -0.15) is 0 Å². The molecule has 110 valence electrons. The first-order valence-corrected chi connectivity index (χ1v) is 6.30. The third-order valence-corrected chi connectivity index (χ3v) is 2.62. The molecule has 0 fully saturated rings. The van der Waals surface area contributed by atoms with Crippen molar-refractivity contribution < 1.29 is 23.5 Å². The predicted molar refractivity (Wildman–Crippen MR) is 71.4 cm³/mol. The Morgan fingerprint density at radius 1 is 1.19 bits per heavy atom. The average molecular weight is 290 g/mol. The maximum Gasteiger partial charge on any atom is 0.337 e. The lowest BCUT2D eigenvalue weighted by atomic mass is 10.1. The van der Waals surface area contributed by atoms with Gasteiger partial charge in [0.1, 0.15) is 6.42 Å². The first-order chi connectivity index (χ1) is 10.1. The van der Waals surface area contributed by atoms with Crippen molar-refractivity contribution in [1.29, 1.82) is 0 Å². The van der Waals surface area contributed by atoms with Gasteiger partial charge in [-0.3, -0.25) is 4.79 Å². The van der Waals surface area contributed by atoms with Crippen LogP contribution in [0.15, 0.2) is 28.7 Å². The number of carbonyl (C=O) groups excluding carboxylic acids is 2. The summed E-state index contributed by atoms with van der Waals surface area (Å²) in [5.74, 6) is -0.393.